The van der Waals surface area contributed by atoms with E-state index in [-0.39, 0.29) is 29.3 Å². The summed E-state index contributed by atoms with van der Waals surface area (Å²) in [6, 6.07) is 13.6. The Bertz CT molecular complexity index is 1690. The molecular weight excluding hydrogens is 534 g/mol. The van der Waals surface area contributed by atoms with E-state index in [0.717, 1.165) is 41.0 Å². The molecule has 42 heavy (non-hydrogen) atoms. The number of anilines is 1. The van der Waals surface area contributed by atoms with Crippen molar-refractivity contribution in [2.24, 2.45) is 5.92 Å². The molecule has 2 aromatic heterocycles. The molecule has 3 unspecified atom stereocenters. The van der Waals surface area contributed by atoms with Crippen molar-refractivity contribution < 1.29 is 23.2 Å². The molecule has 7 rings (SSSR count). The van der Waals surface area contributed by atoms with Crippen molar-refractivity contribution in [2.45, 2.75) is 64.1 Å². The van der Waals surface area contributed by atoms with Crippen LogP contribution in [0.3, 0.4) is 0 Å². The number of hydrogen-bond acceptors (Lipinski definition) is 8. The number of hydrogen-bond donors (Lipinski definition) is 3. The van der Waals surface area contributed by atoms with E-state index in [0.29, 0.717) is 36.7 Å². The number of aromatic nitrogens is 2. The van der Waals surface area contributed by atoms with Gasteiger partial charge in [0.2, 0.25) is 17.7 Å². The van der Waals surface area contributed by atoms with E-state index in [1.165, 1.54) is 6.26 Å². The van der Waals surface area contributed by atoms with Crippen LogP contribution in [0.15, 0.2) is 57.6 Å². The number of benzene rings is 2. The SMILES string of the molecule is CCCCNC(=O)c1coc(-c2nc3oc2C24c5ccccc5NC2Oc2ccc(cc24)CCC(=O)NC3C(C)C)n1. The summed E-state index contributed by atoms with van der Waals surface area (Å²) in [7, 11) is 0. The molecule has 3 N–H and O–H groups in total. The summed E-state index contributed by atoms with van der Waals surface area (Å²) in [5.41, 5.74) is 3.42. The normalized spacial score (nSPS) is 21.9. The molecule has 216 valence electrons. The molecule has 1 spiro atoms. The first kappa shape index (κ1) is 26.3. The molecule has 3 aliphatic rings. The number of para-hydroxylation sites is 1. The lowest BCUT2D eigenvalue weighted by Crippen LogP contribution is -2.40. The average Bonchev–Trinajstić information content (AvgIpc) is 3.75. The van der Waals surface area contributed by atoms with Crippen molar-refractivity contribution in [3.05, 3.63) is 82.8 Å². The Labute approximate surface area is 243 Å². The summed E-state index contributed by atoms with van der Waals surface area (Å²) < 4.78 is 19.2. The molecule has 0 radical (unpaired) electrons. The summed E-state index contributed by atoms with van der Waals surface area (Å²) in [5, 5.41) is 9.57. The Morgan fingerprint density at radius 3 is 2.81 bits per heavy atom. The van der Waals surface area contributed by atoms with Crippen LogP contribution in [-0.2, 0) is 16.6 Å². The fourth-order valence-corrected chi connectivity index (χ4v) is 6.24. The van der Waals surface area contributed by atoms with E-state index < -0.39 is 17.7 Å². The number of ether oxygens (including phenoxy) is 1. The molecule has 2 amide bonds. The Balaban J connectivity index is 1.47. The van der Waals surface area contributed by atoms with E-state index in [9.17, 15) is 9.59 Å². The summed E-state index contributed by atoms with van der Waals surface area (Å²) >= 11 is 0. The van der Waals surface area contributed by atoms with Gasteiger partial charge in [0.05, 0.1) is 0 Å². The second-order valence-corrected chi connectivity index (χ2v) is 11.5. The summed E-state index contributed by atoms with van der Waals surface area (Å²) in [6.07, 6.45) is 3.56. The highest BCUT2D eigenvalue weighted by Crippen LogP contribution is 2.59. The molecule has 10 nitrogen and oxygen atoms in total. The highest BCUT2D eigenvalue weighted by Gasteiger charge is 2.61. The lowest BCUT2D eigenvalue weighted by molar-refractivity contribution is -0.122. The van der Waals surface area contributed by atoms with E-state index in [4.69, 9.17) is 18.6 Å². The standard InChI is InChI=1S/C32H33N5O5/c1-4-5-14-33-28(39)22-16-40-29(34-22)26-27-32-19-8-6-7-9-21(19)35-31(32)41-23-12-10-18(15-20(23)32)11-13-24(38)36-25(17(2)3)30(37-26)42-27/h6-10,12,15-17,25,31,35H,4-5,11,13-14H2,1-3H3,(H,33,39)(H,36,38). The van der Waals surface area contributed by atoms with Crippen molar-refractivity contribution in [3.63, 3.8) is 0 Å². The predicted octanol–water partition coefficient (Wildman–Crippen LogP) is 5.10. The number of aryl methyl sites for hydroxylation is 1. The van der Waals surface area contributed by atoms with Crippen molar-refractivity contribution in [3.8, 4) is 17.3 Å². The minimum atomic E-state index is -0.925. The molecule has 0 fully saturated rings. The van der Waals surface area contributed by atoms with Crippen LogP contribution in [0.5, 0.6) is 5.75 Å². The van der Waals surface area contributed by atoms with Crippen molar-refractivity contribution >= 4 is 17.5 Å². The monoisotopic (exact) mass is 567 g/mol. The molecule has 4 aromatic rings. The number of rotatable bonds is 6. The minimum Gasteiger partial charge on any atom is -0.469 e. The molecular formula is C32H33N5O5. The van der Waals surface area contributed by atoms with Gasteiger partial charge in [-0.2, -0.15) is 0 Å². The maximum absolute atomic E-state index is 13.1. The van der Waals surface area contributed by atoms with Gasteiger partial charge in [0.25, 0.3) is 5.91 Å². The van der Waals surface area contributed by atoms with Crippen molar-refractivity contribution in [1.29, 1.82) is 0 Å². The van der Waals surface area contributed by atoms with Crippen molar-refractivity contribution in [2.75, 3.05) is 11.9 Å². The van der Waals surface area contributed by atoms with Gasteiger partial charge < -0.3 is 29.5 Å². The van der Waals surface area contributed by atoms with Gasteiger partial charge >= 0.3 is 0 Å². The third-order valence-electron chi connectivity index (χ3n) is 8.39. The highest BCUT2D eigenvalue weighted by molar-refractivity contribution is 5.92. The van der Waals surface area contributed by atoms with Crippen molar-refractivity contribution in [1.82, 2.24) is 20.6 Å². The zero-order valence-corrected chi connectivity index (χ0v) is 23.8. The number of nitrogens with zero attached hydrogens (tertiary/aromatic N) is 2. The van der Waals surface area contributed by atoms with Crippen LogP contribution >= 0.6 is 0 Å². The van der Waals surface area contributed by atoms with Crippen LogP contribution in [0.4, 0.5) is 5.69 Å². The lowest BCUT2D eigenvalue weighted by atomic mass is 9.72. The largest absolute Gasteiger partial charge is 0.469 e. The summed E-state index contributed by atoms with van der Waals surface area (Å²) in [6.45, 7) is 6.64. The zero-order chi connectivity index (χ0) is 29.0. The average molecular weight is 568 g/mol. The first-order valence-electron chi connectivity index (χ1n) is 14.6. The van der Waals surface area contributed by atoms with Gasteiger partial charge in [0.1, 0.15) is 23.5 Å². The van der Waals surface area contributed by atoms with Crippen LogP contribution < -0.4 is 20.7 Å². The fraction of sp³-hybridized carbons (Fsp3) is 0.375. The van der Waals surface area contributed by atoms with Crippen LogP contribution in [0.1, 0.15) is 84.9 Å². The first-order valence-corrected chi connectivity index (χ1v) is 14.6. The lowest BCUT2D eigenvalue weighted by Gasteiger charge is -2.27. The maximum Gasteiger partial charge on any atom is 0.273 e. The number of unbranched alkanes of at least 4 members (excludes halogenated alkanes) is 1. The van der Waals surface area contributed by atoms with Gasteiger partial charge in [-0.15, -0.1) is 0 Å². The first-order chi connectivity index (χ1) is 20.4. The summed E-state index contributed by atoms with van der Waals surface area (Å²) in [5.74, 6) is 1.29. The highest BCUT2D eigenvalue weighted by atomic mass is 16.5. The number of oxazole rings is 2. The molecule has 0 aliphatic carbocycles. The van der Waals surface area contributed by atoms with Gasteiger partial charge in [0, 0.05) is 24.2 Å². The second-order valence-electron chi connectivity index (χ2n) is 11.5. The molecule has 0 saturated carbocycles. The van der Waals surface area contributed by atoms with Gasteiger partial charge in [-0.1, -0.05) is 57.5 Å². The fourth-order valence-electron chi connectivity index (χ4n) is 6.24. The van der Waals surface area contributed by atoms with Crippen LogP contribution in [0.2, 0.25) is 0 Å². The van der Waals surface area contributed by atoms with E-state index in [1.54, 1.807) is 0 Å². The minimum absolute atomic E-state index is 0.0174. The Morgan fingerprint density at radius 2 is 1.98 bits per heavy atom. The predicted molar refractivity (Wildman–Crippen MR) is 154 cm³/mol. The van der Waals surface area contributed by atoms with Gasteiger partial charge in [-0.05, 0) is 42.0 Å². The smallest absolute Gasteiger partial charge is 0.273 e. The third-order valence-corrected chi connectivity index (χ3v) is 8.39. The Kier molecular flexibility index (Phi) is 6.29. The summed E-state index contributed by atoms with van der Waals surface area (Å²) in [4.78, 5) is 35.4. The Hall–Kier alpha value is -4.60. The van der Waals surface area contributed by atoms with E-state index in [1.807, 2.05) is 44.2 Å². The third kappa shape index (κ3) is 4.00. The Morgan fingerprint density at radius 1 is 1.12 bits per heavy atom. The second kappa shape index (κ2) is 10.0. The van der Waals surface area contributed by atoms with Gasteiger partial charge in [-0.3, -0.25) is 9.59 Å². The number of carbonyl (C=O) groups excluding carboxylic acids is 2. The van der Waals surface area contributed by atoms with E-state index >= 15 is 0 Å². The van der Waals surface area contributed by atoms with Crippen LogP contribution in [-0.4, -0.2) is 34.6 Å². The number of nitrogens with one attached hydrogen (secondary N) is 3. The number of amides is 2. The molecule has 2 aromatic carbocycles. The quantitative estimate of drug-likeness (QED) is 0.274. The zero-order valence-electron chi connectivity index (χ0n) is 23.8. The van der Waals surface area contributed by atoms with Gasteiger partial charge in [0.15, 0.2) is 23.4 Å². The maximum atomic E-state index is 13.1. The van der Waals surface area contributed by atoms with Crippen LogP contribution in [0, 0.1) is 5.92 Å². The topological polar surface area (TPSA) is 132 Å². The molecule has 10 heteroatoms. The molecule has 3 atom stereocenters. The van der Waals surface area contributed by atoms with E-state index in [2.05, 4.69) is 40.0 Å². The molecule has 5 heterocycles. The van der Waals surface area contributed by atoms with Gasteiger partial charge in [-0.25, -0.2) is 9.97 Å². The van der Waals surface area contributed by atoms with Crippen LogP contribution in [0.25, 0.3) is 11.6 Å². The molecule has 4 bridgehead atoms. The number of fused-ring (bicyclic) bond motifs is 4. The molecule has 0 saturated heterocycles. The molecule has 3 aliphatic heterocycles. The number of carbonyl (C=O) groups is 2.